The number of fused-ring (bicyclic) bond motifs is 1. The molecule has 1 aromatic heterocycles. The van der Waals surface area contributed by atoms with Crippen LogP contribution in [0.4, 0.5) is 0 Å². The molecule has 0 aliphatic rings. The second-order valence-electron chi connectivity index (χ2n) is 3.01. The highest BCUT2D eigenvalue weighted by Crippen LogP contribution is 2.20. The van der Waals surface area contributed by atoms with E-state index in [9.17, 15) is 0 Å². The Morgan fingerprint density at radius 1 is 1.36 bits per heavy atom. The maximum absolute atomic E-state index is 5.38. The zero-order chi connectivity index (χ0) is 9.80. The summed E-state index contributed by atoms with van der Waals surface area (Å²) < 4.78 is 5.38. The molecule has 0 fully saturated rings. The lowest BCUT2D eigenvalue weighted by Gasteiger charge is -2.00. The fourth-order valence-electron chi connectivity index (χ4n) is 1.40. The number of nitrogens with one attached hydrogen (secondary N) is 1. The van der Waals surface area contributed by atoms with Crippen LogP contribution in [-0.2, 0) is 11.4 Å². The summed E-state index contributed by atoms with van der Waals surface area (Å²) in [6, 6.07) is 7.97. The average molecular weight is 191 g/mol. The summed E-state index contributed by atoms with van der Waals surface area (Å²) in [7, 11) is 0. The van der Waals surface area contributed by atoms with Crippen LogP contribution >= 0.6 is 0 Å². The summed E-state index contributed by atoms with van der Waals surface area (Å²) in [5.41, 5.74) is 4.91. The molecule has 0 unspecified atom stereocenters. The van der Waals surface area contributed by atoms with Crippen molar-refractivity contribution in [2.45, 2.75) is 13.5 Å². The smallest absolute Gasteiger partial charge is 0.134 e. The first-order valence-electron chi connectivity index (χ1n) is 4.71. The fourth-order valence-corrected chi connectivity index (χ4v) is 1.40. The second kappa shape index (κ2) is 4.26. The topological polar surface area (TPSA) is 34.4 Å². The predicted molar refractivity (Wildman–Crippen MR) is 54.7 cm³/mol. The molecular formula is C11H13NO2. The lowest BCUT2D eigenvalue weighted by molar-refractivity contribution is 0.0464. The predicted octanol–water partition coefficient (Wildman–Crippen LogP) is 2.47. The van der Waals surface area contributed by atoms with Gasteiger partial charge in [0.2, 0.25) is 0 Å². The van der Waals surface area contributed by atoms with Crippen molar-refractivity contribution < 1.29 is 9.25 Å². The van der Waals surface area contributed by atoms with Gasteiger partial charge >= 0.3 is 0 Å². The van der Waals surface area contributed by atoms with Crippen molar-refractivity contribution in [1.29, 1.82) is 0 Å². The van der Waals surface area contributed by atoms with Crippen LogP contribution in [0.15, 0.2) is 34.9 Å². The van der Waals surface area contributed by atoms with Crippen molar-refractivity contribution in [2.75, 3.05) is 6.61 Å². The highest BCUT2D eigenvalue weighted by Gasteiger charge is 2.03. The summed E-state index contributed by atoms with van der Waals surface area (Å²) in [5, 5.41) is 1.14. The number of furan rings is 1. The van der Waals surface area contributed by atoms with Crippen LogP contribution in [-0.4, -0.2) is 6.61 Å². The molecule has 3 nitrogen and oxygen atoms in total. The summed E-state index contributed by atoms with van der Waals surface area (Å²) in [4.78, 5) is 5.06. The molecule has 1 heterocycles. The van der Waals surface area contributed by atoms with Gasteiger partial charge in [0.1, 0.15) is 5.58 Å². The summed E-state index contributed by atoms with van der Waals surface area (Å²) in [6.45, 7) is 3.28. The van der Waals surface area contributed by atoms with E-state index in [4.69, 9.17) is 9.25 Å². The van der Waals surface area contributed by atoms with Gasteiger partial charge in [-0.3, -0.25) is 0 Å². The zero-order valence-corrected chi connectivity index (χ0v) is 8.12. The van der Waals surface area contributed by atoms with E-state index in [2.05, 4.69) is 5.48 Å². The third-order valence-corrected chi connectivity index (χ3v) is 2.07. The molecule has 0 bridgehead atoms. The molecule has 1 N–H and O–H groups in total. The van der Waals surface area contributed by atoms with E-state index < -0.39 is 0 Å². The molecule has 14 heavy (non-hydrogen) atoms. The van der Waals surface area contributed by atoms with Crippen molar-refractivity contribution in [2.24, 2.45) is 0 Å². The average Bonchev–Trinajstić information content (AvgIpc) is 2.63. The lowest BCUT2D eigenvalue weighted by Crippen LogP contribution is -2.13. The Balaban J connectivity index is 2.17. The van der Waals surface area contributed by atoms with E-state index in [0.717, 1.165) is 16.5 Å². The van der Waals surface area contributed by atoms with E-state index in [0.29, 0.717) is 13.2 Å². The first-order valence-corrected chi connectivity index (χ1v) is 4.71. The molecule has 74 valence electrons. The van der Waals surface area contributed by atoms with Crippen LogP contribution in [0.1, 0.15) is 12.5 Å². The molecule has 0 amide bonds. The largest absolute Gasteiger partial charge is 0.464 e. The Morgan fingerprint density at radius 3 is 3.07 bits per heavy atom. The maximum Gasteiger partial charge on any atom is 0.134 e. The van der Waals surface area contributed by atoms with Gasteiger partial charge in [0.15, 0.2) is 0 Å². The number of benzene rings is 1. The molecule has 0 radical (unpaired) electrons. The van der Waals surface area contributed by atoms with Crippen LogP contribution < -0.4 is 5.48 Å². The Hall–Kier alpha value is -1.32. The number of para-hydroxylation sites is 1. The molecule has 0 aliphatic carbocycles. The Kier molecular flexibility index (Phi) is 2.81. The van der Waals surface area contributed by atoms with Crippen LogP contribution in [0.3, 0.4) is 0 Å². The monoisotopic (exact) mass is 191 g/mol. The molecule has 0 aliphatic heterocycles. The van der Waals surface area contributed by atoms with Gasteiger partial charge in [0, 0.05) is 17.5 Å². The first-order chi connectivity index (χ1) is 6.92. The standard InChI is InChI=1S/C11H13NO2/c1-2-14-12-7-9-8-13-11-6-4-3-5-10(9)11/h3-6,8,12H,2,7H2,1H3. The Bertz CT molecular complexity index is 408. The van der Waals surface area contributed by atoms with E-state index >= 15 is 0 Å². The van der Waals surface area contributed by atoms with Crippen molar-refractivity contribution in [3.8, 4) is 0 Å². The van der Waals surface area contributed by atoms with Crippen molar-refractivity contribution in [1.82, 2.24) is 5.48 Å². The van der Waals surface area contributed by atoms with Gasteiger partial charge in [-0.2, -0.15) is 5.48 Å². The van der Waals surface area contributed by atoms with Gasteiger partial charge < -0.3 is 9.25 Å². The van der Waals surface area contributed by atoms with Crippen LogP contribution in [0.5, 0.6) is 0 Å². The minimum Gasteiger partial charge on any atom is -0.464 e. The molecular weight excluding hydrogens is 178 g/mol. The molecule has 0 saturated carbocycles. The normalized spacial score (nSPS) is 10.9. The van der Waals surface area contributed by atoms with Crippen LogP contribution in [0.25, 0.3) is 11.0 Å². The second-order valence-corrected chi connectivity index (χ2v) is 3.01. The van der Waals surface area contributed by atoms with Crippen LogP contribution in [0, 0.1) is 0 Å². The van der Waals surface area contributed by atoms with Crippen molar-refractivity contribution in [3.05, 3.63) is 36.1 Å². The minimum atomic E-state index is 0.662. The van der Waals surface area contributed by atoms with Gasteiger partial charge in [-0.25, -0.2) is 0 Å². The van der Waals surface area contributed by atoms with Gasteiger partial charge in [-0.05, 0) is 13.0 Å². The molecule has 3 heteroatoms. The highest BCUT2D eigenvalue weighted by molar-refractivity contribution is 5.80. The molecule has 0 atom stereocenters. The van der Waals surface area contributed by atoms with Crippen LogP contribution in [0.2, 0.25) is 0 Å². The molecule has 0 saturated heterocycles. The Labute approximate surface area is 82.6 Å². The number of hydroxylamine groups is 1. The molecule has 0 spiro atoms. The maximum atomic E-state index is 5.38. The van der Waals surface area contributed by atoms with E-state index in [1.807, 2.05) is 31.2 Å². The summed E-state index contributed by atoms with van der Waals surface area (Å²) >= 11 is 0. The number of rotatable bonds is 4. The van der Waals surface area contributed by atoms with E-state index in [1.54, 1.807) is 6.26 Å². The third kappa shape index (κ3) is 1.78. The fraction of sp³-hybridized carbons (Fsp3) is 0.273. The highest BCUT2D eigenvalue weighted by atomic mass is 16.6. The van der Waals surface area contributed by atoms with Gasteiger partial charge in [-0.15, -0.1) is 0 Å². The quantitative estimate of drug-likeness (QED) is 0.595. The van der Waals surface area contributed by atoms with E-state index in [-0.39, 0.29) is 0 Å². The van der Waals surface area contributed by atoms with Crippen molar-refractivity contribution in [3.63, 3.8) is 0 Å². The molecule has 1 aromatic carbocycles. The van der Waals surface area contributed by atoms with Crippen molar-refractivity contribution >= 4 is 11.0 Å². The molecule has 2 aromatic rings. The Morgan fingerprint density at radius 2 is 2.21 bits per heavy atom. The first kappa shape index (κ1) is 9.24. The van der Waals surface area contributed by atoms with E-state index in [1.165, 1.54) is 0 Å². The summed E-state index contributed by atoms with van der Waals surface area (Å²) in [6.07, 6.45) is 1.76. The summed E-state index contributed by atoms with van der Waals surface area (Å²) in [5.74, 6) is 0. The van der Waals surface area contributed by atoms with Gasteiger partial charge in [0.25, 0.3) is 0 Å². The lowest BCUT2D eigenvalue weighted by atomic mass is 10.2. The SMILES string of the molecule is CCONCc1coc2ccccc12. The number of hydrogen-bond acceptors (Lipinski definition) is 3. The molecule has 2 rings (SSSR count). The van der Waals surface area contributed by atoms with Gasteiger partial charge in [-0.1, -0.05) is 18.2 Å². The third-order valence-electron chi connectivity index (χ3n) is 2.07. The zero-order valence-electron chi connectivity index (χ0n) is 8.12. The number of hydrogen-bond donors (Lipinski definition) is 1. The minimum absolute atomic E-state index is 0.662. The van der Waals surface area contributed by atoms with Gasteiger partial charge in [0.05, 0.1) is 12.9 Å².